The Bertz CT molecular complexity index is 1270. The SMILES string of the molecule is Cc1ccccc1Nc1nc(N)nc(CN(C)Cc2c(C)nn([C@@H]3CCS(=O)(=O)C3)c2C)n1. The van der Waals surface area contributed by atoms with E-state index < -0.39 is 9.84 Å². The number of hydrogen-bond donors (Lipinski definition) is 2. The molecule has 1 atom stereocenters. The van der Waals surface area contributed by atoms with Crippen molar-refractivity contribution in [1.82, 2.24) is 29.6 Å². The van der Waals surface area contributed by atoms with Crippen LogP contribution in [-0.4, -0.2) is 56.6 Å². The number of anilines is 3. The number of aromatic nitrogens is 5. The Labute approximate surface area is 194 Å². The molecule has 0 unspecified atom stereocenters. The summed E-state index contributed by atoms with van der Waals surface area (Å²) in [6, 6.07) is 7.79. The van der Waals surface area contributed by atoms with Crippen molar-refractivity contribution >= 4 is 27.4 Å². The highest BCUT2D eigenvalue weighted by Crippen LogP contribution is 2.27. The van der Waals surface area contributed by atoms with Gasteiger partial charge in [-0.3, -0.25) is 9.58 Å². The van der Waals surface area contributed by atoms with Gasteiger partial charge < -0.3 is 11.1 Å². The summed E-state index contributed by atoms with van der Waals surface area (Å²) in [5.74, 6) is 1.51. The molecule has 0 bridgehead atoms. The monoisotopic (exact) mass is 470 g/mol. The van der Waals surface area contributed by atoms with Crippen molar-refractivity contribution in [2.75, 3.05) is 29.6 Å². The largest absolute Gasteiger partial charge is 0.368 e. The van der Waals surface area contributed by atoms with Crippen LogP contribution in [0.15, 0.2) is 24.3 Å². The first kappa shape index (κ1) is 23.1. The molecule has 3 aromatic rings. The van der Waals surface area contributed by atoms with Gasteiger partial charge in [-0.05, 0) is 45.9 Å². The Balaban J connectivity index is 1.48. The van der Waals surface area contributed by atoms with Crippen LogP contribution >= 0.6 is 0 Å². The number of aryl methyl sites for hydroxylation is 2. The van der Waals surface area contributed by atoms with Crippen molar-refractivity contribution in [3.63, 3.8) is 0 Å². The van der Waals surface area contributed by atoms with Crippen molar-refractivity contribution in [2.24, 2.45) is 0 Å². The molecule has 1 saturated heterocycles. The molecule has 33 heavy (non-hydrogen) atoms. The fourth-order valence-electron chi connectivity index (χ4n) is 4.22. The van der Waals surface area contributed by atoms with Crippen LogP contribution in [-0.2, 0) is 22.9 Å². The smallest absolute Gasteiger partial charge is 0.232 e. The van der Waals surface area contributed by atoms with E-state index in [0.717, 1.165) is 28.2 Å². The Morgan fingerprint density at radius 1 is 1.15 bits per heavy atom. The normalized spacial score (nSPS) is 17.5. The molecular formula is C22H30N8O2S. The zero-order chi connectivity index (χ0) is 23.8. The molecule has 3 heterocycles. The Morgan fingerprint density at radius 2 is 1.91 bits per heavy atom. The van der Waals surface area contributed by atoms with Crippen LogP contribution in [0.5, 0.6) is 0 Å². The van der Waals surface area contributed by atoms with Crippen LogP contribution in [0.25, 0.3) is 0 Å². The molecule has 0 saturated carbocycles. The number of nitrogen functional groups attached to an aromatic ring is 1. The van der Waals surface area contributed by atoms with Crippen LogP contribution in [0.4, 0.5) is 17.6 Å². The molecular weight excluding hydrogens is 440 g/mol. The van der Waals surface area contributed by atoms with Gasteiger partial charge >= 0.3 is 0 Å². The molecule has 1 aromatic carbocycles. The quantitative estimate of drug-likeness (QED) is 0.534. The lowest BCUT2D eigenvalue weighted by Gasteiger charge is -2.17. The van der Waals surface area contributed by atoms with Crippen molar-refractivity contribution < 1.29 is 8.42 Å². The van der Waals surface area contributed by atoms with Gasteiger partial charge in [0.05, 0.1) is 29.8 Å². The van der Waals surface area contributed by atoms with Gasteiger partial charge in [-0.25, -0.2) is 8.42 Å². The van der Waals surface area contributed by atoms with Crippen molar-refractivity contribution in [3.05, 3.63) is 52.6 Å². The third-order valence-electron chi connectivity index (χ3n) is 5.96. The fourth-order valence-corrected chi connectivity index (χ4v) is 5.91. The minimum atomic E-state index is -2.97. The summed E-state index contributed by atoms with van der Waals surface area (Å²) < 4.78 is 25.7. The molecule has 11 heteroatoms. The first-order valence-electron chi connectivity index (χ1n) is 10.9. The fraction of sp³-hybridized carbons (Fsp3) is 0.455. The number of nitrogens with zero attached hydrogens (tertiary/aromatic N) is 6. The van der Waals surface area contributed by atoms with Crippen LogP contribution in [0.3, 0.4) is 0 Å². The average molecular weight is 471 g/mol. The number of nitrogens with two attached hydrogens (primary N) is 1. The van der Waals surface area contributed by atoms with E-state index in [0.29, 0.717) is 31.3 Å². The maximum atomic E-state index is 11.9. The highest BCUT2D eigenvalue weighted by atomic mass is 32.2. The molecule has 1 aliphatic rings. The molecule has 0 radical (unpaired) electrons. The minimum Gasteiger partial charge on any atom is -0.368 e. The zero-order valence-corrected chi connectivity index (χ0v) is 20.2. The standard InChI is InChI=1S/C22H30N8O2S/c1-14-7-5-6-8-19(14)24-22-26-20(25-21(23)27-22)12-29(4)11-18-15(2)28-30(16(18)3)17-9-10-33(31,32)13-17/h5-8,17H,9-13H2,1-4H3,(H3,23,24,25,26,27)/t17-/m1/s1. The number of sulfone groups is 1. The Kier molecular flexibility index (Phi) is 6.35. The van der Waals surface area contributed by atoms with E-state index in [-0.39, 0.29) is 23.5 Å². The predicted molar refractivity (Wildman–Crippen MR) is 128 cm³/mol. The van der Waals surface area contributed by atoms with Gasteiger partial charge in [0.15, 0.2) is 9.84 Å². The van der Waals surface area contributed by atoms with Crippen LogP contribution in [0.2, 0.25) is 0 Å². The second kappa shape index (κ2) is 9.06. The molecule has 0 amide bonds. The van der Waals surface area contributed by atoms with Crippen LogP contribution in [0, 0.1) is 20.8 Å². The first-order chi connectivity index (χ1) is 15.6. The number of rotatable bonds is 7. The number of para-hydroxylation sites is 1. The summed E-state index contributed by atoms with van der Waals surface area (Å²) in [5, 5.41) is 7.87. The van der Waals surface area contributed by atoms with Gasteiger partial charge in [0.2, 0.25) is 11.9 Å². The molecule has 3 N–H and O–H groups in total. The lowest BCUT2D eigenvalue weighted by molar-refractivity contribution is 0.309. The molecule has 0 aliphatic carbocycles. The highest BCUT2D eigenvalue weighted by molar-refractivity contribution is 7.91. The summed E-state index contributed by atoms with van der Waals surface area (Å²) in [4.78, 5) is 15.1. The first-order valence-corrected chi connectivity index (χ1v) is 12.7. The molecule has 1 aliphatic heterocycles. The maximum Gasteiger partial charge on any atom is 0.232 e. The lowest BCUT2D eigenvalue weighted by Crippen LogP contribution is -2.21. The zero-order valence-electron chi connectivity index (χ0n) is 19.4. The topological polar surface area (TPSA) is 132 Å². The van der Waals surface area contributed by atoms with Gasteiger partial charge in [-0.15, -0.1) is 0 Å². The Hall–Kier alpha value is -3.05. The van der Waals surface area contributed by atoms with Gasteiger partial charge in [0.25, 0.3) is 0 Å². The van der Waals surface area contributed by atoms with E-state index >= 15 is 0 Å². The molecule has 10 nitrogen and oxygen atoms in total. The third kappa shape index (κ3) is 5.31. The van der Waals surface area contributed by atoms with E-state index in [4.69, 9.17) is 5.73 Å². The molecule has 1 fully saturated rings. The van der Waals surface area contributed by atoms with Gasteiger partial charge in [-0.1, -0.05) is 18.2 Å². The van der Waals surface area contributed by atoms with Gasteiger partial charge in [-0.2, -0.15) is 20.1 Å². The third-order valence-corrected chi connectivity index (χ3v) is 7.71. The van der Waals surface area contributed by atoms with Crippen molar-refractivity contribution in [1.29, 1.82) is 0 Å². The molecule has 0 spiro atoms. The average Bonchev–Trinajstić information content (AvgIpc) is 3.22. The van der Waals surface area contributed by atoms with Crippen molar-refractivity contribution in [2.45, 2.75) is 46.3 Å². The Morgan fingerprint density at radius 3 is 2.61 bits per heavy atom. The van der Waals surface area contributed by atoms with E-state index in [1.807, 2.05) is 56.8 Å². The van der Waals surface area contributed by atoms with E-state index in [9.17, 15) is 8.42 Å². The van der Waals surface area contributed by atoms with Crippen LogP contribution < -0.4 is 11.1 Å². The maximum absolute atomic E-state index is 11.9. The summed E-state index contributed by atoms with van der Waals surface area (Å²) in [6.07, 6.45) is 0.611. The predicted octanol–water partition coefficient (Wildman–Crippen LogP) is 2.31. The summed E-state index contributed by atoms with van der Waals surface area (Å²) in [6.45, 7) is 7.06. The van der Waals surface area contributed by atoms with Crippen LogP contribution in [0.1, 0.15) is 40.8 Å². The summed E-state index contributed by atoms with van der Waals surface area (Å²) in [5.41, 5.74) is 10.9. The minimum absolute atomic E-state index is 0.0915. The molecule has 176 valence electrons. The van der Waals surface area contributed by atoms with E-state index in [2.05, 4.69) is 30.3 Å². The summed E-state index contributed by atoms with van der Waals surface area (Å²) >= 11 is 0. The second-order valence-corrected chi connectivity index (χ2v) is 10.9. The van der Waals surface area contributed by atoms with Crippen molar-refractivity contribution in [3.8, 4) is 0 Å². The number of nitrogens with one attached hydrogen (secondary N) is 1. The summed E-state index contributed by atoms with van der Waals surface area (Å²) in [7, 11) is -0.996. The highest BCUT2D eigenvalue weighted by Gasteiger charge is 2.31. The number of benzene rings is 1. The molecule has 4 rings (SSSR count). The van der Waals surface area contributed by atoms with E-state index in [1.54, 1.807) is 0 Å². The lowest BCUT2D eigenvalue weighted by atomic mass is 10.1. The van der Waals surface area contributed by atoms with Gasteiger partial charge in [0, 0.05) is 23.5 Å². The molecule has 2 aromatic heterocycles. The number of hydrogen-bond acceptors (Lipinski definition) is 9. The van der Waals surface area contributed by atoms with E-state index in [1.165, 1.54) is 0 Å². The second-order valence-electron chi connectivity index (χ2n) is 8.70. The van der Waals surface area contributed by atoms with Gasteiger partial charge in [0.1, 0.15) is 5.82 Å².